The Kier molecular flexibility index (Phi) is 6.16. The number of nitrogens with zero attached hydrogens (tertiary/aromatic N) is 4. The molecule has 2 aromatic heterocycles. The minimum atomic E-state index is -3.81. The number of carbonyl (C=O) groups is 1. The van der Waals surface area contributed by atoms with E-state index in [-0.39, 0.29) is 12.2 Å². The number of nitro benzene ring substituents is 1. The van der Waals surface area contributed by atoms with Gasteiger partial charge in [-0.3, -0.25) is 15.1 Å². The van der Waals surface area contributed by atoms with Crippen LogP contribution in [0.15, 0.2) is 52.1 Å². The molecule has 3 aromatic rings. The Hall–Kier alpha value is -3.67. The summed E-state index contributed by atoms with van der Waals surface area (Å²) in [6, 6.07) is 6.61. The molecule has 0 radical (unpaired) electrons. The fourth-order valence-corrected chi connectivity index (χ4v) is 3.37. The van der Waals surface area contributed by atoms with Gasteiger partial charge in [0, 0.05) is 36.7 Å². The summed E-state index contributed by atoms with van der Waals surface area (Å²) in [4.78, 5) is 30.1. The molecule has 0 spiro atoms. The van der Waals surface area contributed by atoms with Gasteiger partial charge in [-0.15, -0.1) is 0 Å². The quantitative estimate of drug-likeness (QED) is 0.224. The topological polar surface area (TPSA) is 155 Å². The average Bonchev–Trinajstić information content (AvgIpc) is 3.19. The highest BCUT2D eigenvalue weighted by atomic mass is 32.2. The molecular weight excluding hydrogens is 416 g/mol. The lowest BCUT2D eigenvalue weighted by Crippen LogP contribution is -2.09. The standard InChI is InChI=1S/C18H16N4O7S/c1-30(26,27)15-7-6-12(10-14(15)22(24)25)18(23)28-9-3-5-16-20-17(21-29-16)13-4-2-8-19-11-13/h2,4,6-8,10-11H,3,5,9H2,1H3. The zero-order chi connectivity index (χ0) is 21.7. The lowest BCUT2D eigenvalue weighted by Gasteiger charge is -2.06. The van der Waals surface area contributed by atoms with E-state index in [1.807, 2.05) is 0 Å². The van der Waals surface area contributed by atoms with Gasteiger partial charge < -0.3 is 9.26 Å². The number of benzene rings is 1. The van der Waals surface area contributed by atoms with E-state index < -0.39 is 31.3 Å². The minimum Gasteiger partial charge on any atom is -0.462 e. The fourth-order valence-electron chi connectivity index (χ4n) is 2.54. The predicted octanol–water partition coefficient (Wildman–Crippen LogP) is 2.23. The number of aromatic nitrogens is 3. The summed E-state index contributed by atoms with van der Waals surface area (Å²) in [5, 5.41) is 15.0. The largest absolute Gasteiger partial charge is 0.462 e. The van der Waals surface area contributed by atoms with Gasteiger partial charge in [0.2, 0.25) is 11.7 Å². The Morgan fingerprint density at radius 1 is 1.30 bits per heavy atom. The van der Waals surface area contributed by atoms with Crippen molar-refractivity contribution in [1.82, 2.24) is 15.1 Å². The zero-order valence-electron chi connectivity index (χ0n) is 15.7. The van der Waals surface area contributed by atoms with Gasteiger partial charge in [0.05, 0.1) is 17.1 Å². The van der Waals surface area contributed by atoms with Gasteiger partial charge in [-0.1, -0.05) is 5.16 Å². The molecule has 0 atom stereocenters. The molecule has 0 fully saturated rings. The fraction of sp³-hybridized carbons (Fsp3) is 0.222. The first-order valence-electron chi connectivity index (χ1n) is 8.64. The number of pyridine rings is 1. The Balaban J connectivity index is 1.57. The number of hydrogen-bond acceptors (Lipinski definition) is 10. The van der Waals surface area contributed by atoms with Crippen molar-refractivity contribution in [2.24, 2.45) is 0 Å². The maximum absolute atomic E-state index is 12.1. The summed E-state index contributed by atoms with van der Waals surface area (Å²) in [6.07, 6.45) is 4.81. The van der Waals surface area contributed by atoms with Gasteiger partial charge >= 0.3 is 5.97 Å². The van der Waals surface area contributed by atoms with Crippen LogP contribution in [0.5, 0.6) is 0 Å². The lowest BCUT2D eigenvalue weighted by molar-refractivity contribution is -0.387. The van der Waals surface area contributed by atoms with E-state index in [2.05, 4.69) is 15.1 Å². The molecule has 0 saturated heterocycles. The summed E-state index contributed by atoms with van der Waals surface area (Å²) < 4.78 is 33.5. The molecule has 0 aliphatic heterocycles. The van der Waals surface area contributed by atoms with E-state index in [1.54, 1.807) is 24.5 Å². The van der Waals surface area contributed by atoms with Crippen molar-refractivity contribution >= 4 is 21.5 Å². The number of hydrogen-bond donors (Lipinski definition) is 0. The average molecular weight is 432 g/mol. The number of esters is 1. The second kappa shape index (κ2) is 8.78. The Morgan fingerprint density at radius 2 is 2.10 bits per heavy atom. The van der Waals surface area contributed by atoms with E-state index >= 15 is 0 Å². The van der Waals surface area contributed by atoms with Crippen molar-refractivity contribution in [2.45, 2.75) is 17.7 Å². The Morgan fingerprint density at radius 3 is 2.77 bits per heavy atom. The number of sulfone groups is 1. The molecule has 0 N–H and O–H groups in total. The van der Waals surface area contributed by atoms with Crippen LogP contribution in [0.3, 0.4) is 0 Å². The first-order chi connectivity index (χ1) is 14.3. The molecule has 0 bridgehead atoms. The van der Waals surface area contributed by atoms with Crippen LogP contribution in [-0.2, 0) is 21.0 Å². The molecule has 12 heteroatoms. The second-order valence-corrected chi connectivity index (χ2v) is 8.19. The van der Waals surface area contributed by atoms with Crippen molar-refractivity contribution in [3.8, 4) is 11.4 Å². The van der Waals surface area contributed by atoms with Crippen molar-refractivity contribution in [2.75, 3.05) is 12.9 Å². The maximum atomic E-state index is 12.1. The van der Waals surface area contributed by atoms with Crippen LogP contribution < -0.4 is 0 Å². The van der Waals surface area contributed by atoms with Crippen LogP contribution in [0.4, 0.5) is 5.69 Å². The van der Waals surface area contributed by atoms with Crippen LogP contribution in [-0.4, -0.2) is 47.3 Å². The number of nitro groups is 1. The third-order valence-electron chi connectivity index (χ3n) is 3.95. The SMILES string of the molecule is CS(=O)(=O)c1ccc(C(=O)OCCCc2nc(-c3cccnc3)no2)cc1[N+](=O)[O-]. The van der Waals surface area contributed by atoms with E-state index in [1.165, 1.54) is 6.07 Å². The van der Waals surface area contributed by atoms with E-state index in [0.29, 0.717) is 30.1 Å². The normalized spacial score (nSPS) is 11.2. The highest BCUT2D eigenvalue weighted by molar-refractivity contribution is 7.90. The maximum Gasteiger partial charge on any atom is 0.338 e. The van der Waals surface area contributed by atoms with Crippen LogP contribution in [0.1, 0.15) is 22.7 Å². The lowest BCUT2D eigenvalue weighted by atomic mass is 10.2. The highest BCUT2D eigenvalue weighted by Crippen LogP contribution is 2.25. The van der Waals surface area contributed by atoms with E-state index in [9.17, 15) is 23.3 Å². The van der Waals surface area contributed by atoms with Gasteiger partial charge in [0.15, 0.2) is 9.84 Å². The third kappa shape index (κ3) is 5.03. The van der Waals surface area contributed by atoms with Crippen LogP contribution in [0.2, 0.25) is 0 Å². The van der Waals surface area contributed by atoms with Gasteiger partial charge in [0.25, 0.3) is 5.69 Å². The second-order valence-electron chi connectivity index (χ2n) is 6.20. The number of carbonyl (C=O) groups excluding carboxylic acids is 1. The molecule has 30 heavy (non-hydrogen) atoms. The van der Waals surface area contributed by atoms with Crippen LogP contribution in [0, 0.1) is 10.1 Å². The molecule has 0 saturated carbocycles. The number of aryl methyl sites for hydroxylation is 1. The molecule has 3 rings (SSSR count). The summed E-state index contributed by atoms with van der Waals surface area (Å²) in [6.45, 7) is 0.00502. The predicted molar refractivity (Wildman–Crippen MR) is 102 cm³/mol. The van der Waals surface area contributed by atoms with Crippen molar-refractivity contribution < 1.29 is 27.4 Å². The summed E-state index contributed by atoms with van der Waals surface area (Å²) in [5.74, 6) is -0.0499. The van der Waals surface area contributed by atoms with E-state index in [4.69, 9.17) is 9.26 Å². The zero-order valence-corrected chi connectivity index (χ0v) is 16.5. The van der Waals surface area contributed by atoms with Crippen LogP contribution >= 0.6 is 0 Å². The molecule has 0 unspecified atom stereocenters. The van der Waals surface area contributed by atoms with Crippen LogP contribution in [0.25, 0.3) is 11.4 Å². The highest BCUT2D eigenvalue weighted by Gasteiger charge is 2.24. The first kappa shape index (κ1) is 21.0. The molecule has 0 amide bonds. The smallest absolute Gasteiger partial charge is 0.338 e. The monoisotopic (exact) mass is 432 g/mol. The van der Waals surface area contributed by atoms with Gasteiger partial charge in [-0.2, -0.15) is 4.98 Å². The van der Waals surface area contributed by atoms with Crippen molar-refractivity contribution in [1.29, 1.82) is 0 Å². The first-order valence-corrected chi connectivity index (χ1v) is 10.5. The minimum absolute atomic E-state index is 0.00502. The van der Waals surface area contributed by atoms with E-state index in [0.717, 1.165) is 18.4 Å². The number of ether oxygens (including phenoxy) is 1. The molecule has 0 aliphatic carbocycles. The summed E-state index contributed by atoms with van der Waals surface area (Å²) >= 11 is 0. The van der Waals surface area contributed by atoms with Gasteiger partial charge in [-0.25, -0.2) is 13.2 Å². The van der Waals surface area contributed by atoms with Gasteiger partial charge in [-0.05, 0) is 30.7 Å². The summed E-state index contributed by atoms with van der Waals surface area (Å²) in [5.41, 5.74) is -0.0930. The molecule has 156 valence electrons. The molecular formula is C18H16N4O7S. The van der Waals surface area contributed by atoms with Crippen molar-refractivity contribution in [3.05, 3.63) is 64.3 Å². The molecule has 1 aromatic carbocycles. The molecule has 2 heterocycles. The molecule has 0 aliphatic rings. The Labute approximate surface area is 170 Å². The summed E-state index contributed by atoms with van der Waals surface area (Å²) in [7, 11) is -3.81. The van der Waals surface area contributed by atoms with Gasteiger partial charge in [0.1, 0.15) is 4.90 Å². The number of rotatable bonds is 8. The van der Waals surface area contributed by atoms with Crippen molar-refractivity contribution in [3.63, 3.8) is 0 Å². The molecule has 11 nitrogen and oxygen atoms in total. The third-order valence-corrected chi connectivity index (χ3v) is 5.09. The Bertz CT molecular complexity index is 1180.